The Balaban J connectivity index is 1.87. The molecule has 5 rings (SSSR count). The molecule has 4 atom stereocenters. The number of hydrogen-bond donors (Lipinski definition) is 0. The maximum Gasteiger partial charge on any atom is 0.333 e. The average Bonchev–Trinajstić information content (AvgIpc) is 2.28. The molecule has 16 heavy (non-hydrogen) atoms. The first-order valence-electron chi connectivity index (χ1n) is 5.70. The summed E-state index contributed by atoms with van der Waals surface area (Å²) in [7, 11) is 0. The van der Waals surface area contributed by atoms with Gasteiger partial charge in [-0.3, -0.25) is 0 Å². The quantitative estimate of drug-likeness (QED) is 0.454. The van der Waals surface area contributed by atoms with E-state index in [1.165, 1.54) is 0 Å². The van der Waals surface area contributed by atoms with Crippen LogP contribution >= 0.6 is 0 Å². The van der Waals surface area contributed by atoms with Gasteiger partial charge in [0.05, 0.1) is 0 Å². The highest BCUT2D eigenvalue weighted by Gasteiger charge is 2.64. The summed E-state index contributed by atoms with van der Waals surface area (Å²) in [6.07, 6.45) is 4.40. The van der Waals surface area contributed by atoms with Gasteiger partial charge >= 0.3 is 5.97 Å². The molecule has 5 nitrogen and oxygen atoms in total. The van der Waals surface area contributed by atoms with Gasteiger partial charge < -0.3 is 9.47 Å². The first-order valence-corrected chi connectivity index (χ1v) is 5.70. The van der Waals surface area contributed by atoms with Crippen LogP contribution in [0.15, 0.2) is 11.6 Å². The molecule has 2 bridgehead atoms. The number of carbonyl (C=O) groups is 1. The van der Waals surface area contributed by atoms with Crippen LogP contribution in [0.25, 0.3) is 0 Å². The molecule has 0 aromatic heterocycles. The molecule has 0 aromatic carbocycles. The van der Waals surface area contributed by atoms with Gasteiger partial charge in [0, 0.05) is 18.4 Å². The predicted octanol–water partition coefficient (Wildman–Crippen LogP) is 1.04. The number of esters is 1. The van der Waals surface area contributed by atoms with Crippen LogP contribution in [0, 0.1) is 5.92 Å². The van der Waals surface area contributed by atoms with Gasteiger partial charge in [0.25, 0.3) is 0 Å². The second-order valence-electron chi connectivity index (χ2n) is 4.80. The minimum Gasteiger partial charge on any atom is -0.429 e. The van der Waals surface area contributed by atoms with Crippen LogP contribution in [0.2, 0.25) is 0 Å². The zero-order valence-corrected chi connectivity index (χ0v) is 8.68. The van der Waals surface area contributed by atoms with Crippen molar-refractivity contribution in [3.63, 3.8) is 0 Å². The number of hydrogen-bond acceptors (Lipinski definition) is 5. The Labute approximate surface area is 92.2 Å². The maximum atomic E-state index is 11.4. The van der Waals surface area contributed by atoms with E-state index in [0.717, 1.165) is 31.3 Å². The van der Waals surface area contributed by atoms with Crippen LogP contribution in [0.1, 0.15) is 25.7 Å². The number of rotatable bonds is 0. The molecule has 4 aliphatic heterocycles. The smallest absolute Gasteiger partial charge is 0.333 e. The lowest BCUT2D eigenvalue weighted by Gasteiger charge is -2.56. The van der Waals surface area contributed by atoms with E-state index in [1.54, 1.807) is 6.08 Å². The van der Waals surface area contributed by atoms with Crippen molar-refractivity contribution in [3.05, 3.63) is 11.6 Å². The van der Waals surface area contributed by atoms with E-state index in [4.69, 9.17) is 19.2 Å². The molecule has 5 aliphatic rings. The molecule has 0 aromatic rings. The Morgan fingerprint density at radius 1 is 1.44 bits per heavy atom. The Bertz CT molecular complexity index is 390. The normalized spacial score (nSPS) is 49.4. The highest BCUT2D eigenvalue weighted by Crippen LogP contribution is 2.54. The van der Waals surface area contributed by atoms with Crippen molar-refractivity contribution >= 4 is 5.97 Å². The van der Waals surface area contributed by atoms with Crippen LogP contribution in [0.4, 0.5) is 0 Å². The predicted molar refractivity (Wildman–Crippen MR) is 49.7 cm³/mol. The van der Waals surface area contributed by atoms with E-state index in [1.807, 2.05) is 0 Å². The van der Waals surface area contributed by atoms with Gasteiger partial charge in [-0.05, 0) is 24.8 Å². The lowest BCUT2D eigenvalue weighted by Crippen LogP contribution is -2.67. The molecule has 0 radical (unpaired) electrons. The molecule has 4 fully saturated rings. The molecule has 4 heterocycles. The van der Waals surface area contributed by atoms with E-state index >= 15 is 0 Å². The van der Waals surface area contributed by atoms with E-state index in [2.05, 4.69) is 0 Å². The van der Waals surface area contributed by atoms with Gasteiger partial charge in [-0.2, -0.15) is 0 Å². The highest BCUT2D eigenvalue weighted by molar-refractivity contribution is 5.84. The van der Waals surface area contributed by atoms with Gasteiger partial charge in [-0.1, -0.05) is 0 Å². The van der Waals surface area contributed by atoms with Gasteiger partial charge in [0.1, 0.15) is 0 Å². The molecule has 1 spiro atoms. The summed E-state index contributed by atoms with van der Waals surface area (Å²) in [5, 5.41) is 0. The summed E-state index contributed by atoms with van der Waals surface area (Å²) >= 11 is 0. The Morgan fingerprint density at radius 2 is 2.38 bits per heavy atom. The van der Waals surface area contributed by atoms with Crippen molar-refractivity contribution in [2.24, 2.45) is 5.92 Å². The van der Waals surface area contributed by atoms with Crippen molar-refractivity contribution in [1.29, 1.82) is 0 Å². The number of fused-ring (bicyclic) bond motifs is 1. The van der Waals surface area contributed by atoms with Crippen molar-refractivity contribution in [3.8, 4) is 0 Å². The van der Waals surface area contributed by atoms with Crippen LogP contribution < -0.4 is 0 Å². The molecule has 1 unspecified atom stereocenters. The summed E-state index contributed by atoms with van der Waals surface area (Å²) in [6.45, 7) is 0. The number of carbonyl (C=O) groups excluding carboxylic acids is 1. The van der Waals surface area contributed by atoms with Gasteiger partial charge in [0.15, 0.2) is 11.9 Å². The monoisotopic (exact) mass is 224 g/mol. The lowest BCUT2D eigenvalue weighted by molar-refractivity contribution is -0.542. The van der Waals surface area contributed by atoms with E-state index < -0.39 is 11.9 Å². The first kappa shape index (κ1) is 9.15. The zero-order valence-electron chi connectivity index (χ0n) is 8.68. The molecule has 0 amide bonds. The molecular weight excluding hydrogens is 212 g/mol. The van der Waals surface area contributed by atoms with Crippen molar-refractivity contribution in [1.82, 2.24) is 0 Å². The molecule has 3 saturated heterocycles. The largest absolute Gasteiger partial charge is 0.429 e. The second kappa shape index (κ2) is 2.85. The molecule has 86 valence electrons. The summed E-state index contributed by atoms with van der Waals surface area (Å²) in [6, 6.07) is 0. The minimum absolute atomic E-state index is 0.331. The molecule has 1 aliphatic carbocycles. The molecular formula is C11H12O5. The fraction of sp³-hybridized carbons (Fsp3) is 0.727. The Hall–Kier alpha value is -0.910. The van der Waals surface area contributed by atoms with Gasteiger partial charge in [0.2, 0.25) is 6.29 Å². The Kier molecular flexibility index (Phi) is 1.63. The second-order valence-corrected chi connectivity index (χ2v) is 4.80. The van der Waals surface area contributed by atoms with E-state index in [9.17, 15) is 4.79 Å². The van der Waals surface area contributed by atoms with Crippen molar-refractivity contribution < 1.29 is 24.0 Å². The zero-order chi connectivity index (χ0) is 10.8. The third-order valence-corrected chi connectivity index (χ3v) is 4.02. The van der Waals surface area contributed by atoms with Gasteiger partial charge in [-0.15, -0.1) is 0 Å². The minimum atomic E-state index is -0.652. The van der Waals surface area contributed by atoms with Crippen molar-refractivity contribution in [2.45, 2.75) is 43.9 Å². The van der Waals surface area contributed by atoms with Gasteiger partial charge in [-0.25, -0.2) is 14.6 Å². The highest BCUT2D eigenvalue weighted by atomic mass is 17.3. The standard InChI is InChI=1S/C11H12O5/c12-8-4-6-2-1-3-7-5-9-14-10(13-8)11(6,7)16-15-9/h4,7,9-10H,1-3,5H2/t7?,9-,10+,11-/m0/s1. The summed E-state index contributed by atoms with van der Waals surface area (Å²) in [5.74, 6) is 0.0144. The molecule has 1 saturated carbocycles. The molecule has 5 heteroatoms. The Morgan fingerprint density at radius 3 is 3.31 bits per heavy atom. The summed E-state index contributed by atoms with van der Waals surface area (Å²) < 4.78 is 10.8. The van der Waals surface area contributed by atoms with Crippen LogP contribution in [-0.2, 0) is 24.0 Å². The van der Waals surface area contributed by atoms with E-state index in [-0.39, 0.29) is 12.3 Å². The third kappa shape index (κ3) is 0.941. The first-order chi connectivity index (χ1) is 7.79. The topological polar surface area (TPSA) is 54.0 Å². The van der Waals surface area contributed by atoms with E-state index in [0.29, 0.717) is 5.92 Å². The average molecular weight is 224 g/mol. The third-order valence-electron chi connectivity index (χ3n) is 4.02. The fourth-order valence-corrected chi connectivity index (χ4v) is 3.31. The van der Waals surface area contributed by atoms with Crippen LogP contribution in [0.5, 0.6) is 0 Å². The summed E-state index contributed by atoms with van der Waals surface area (Å²) in [4.78, 5) is 22.1. The SMILES string of the molecule is O=C1C=C2CCCC3C[C@@H]4OO[C@@]23[C@H](O1)O4. The lowest BCUT2D eigenvalue weighted by atomic mass is 9.67. The number of ether oxygens (including phenoxy) is 2. The van der Waals surface area contributed by atoms with Crippen LogP contribution in [0.3, 0.4) is 0 Å². The fourth-order valence-electron chi connectivity index (χ4n) is 3.31. The van der Waals surface area contributed by atoms with Crippen molar-refractivity contribution in [2.75, 3.05) is 0 Å². The molecule has 0 N–H and O–H groups in total. The van der Waals surface area contributed by atoms with Crippen LogP contribution in [-0.4, -0.2) is 24.2 Å². The summed E-state index contributed by atoms with van der Waals surface area (Å²) in [5.41, 5.74) is 0.323. The maximum absolute atomic E-state index is 11.4.